The number of methoxy groups -OCH3 is 1. The first-order valence-corrected chi connectivity index (χ1v) is 7.72. The highest BCUT2D eigenvalue weighted by Crippen LogP contribution is 2.19. The quantitative estimate of drug-likeness (QED) is 0.517. The lowest BCUT2D eigenvalue weighted by molar-refractivity contribution is 0.0677. The van der Waals surface area contributed by atoms with Crippen molar-refractivity contribution < 1.29 is 9.47 Å². The van der Waals surface area contributed by atoms with Crippen LogP contribution in [0.15, 0.2) is 36.7 Å². The largest absolute Gasteiger partial charge is 0.382 e. The van der Waals surface area contributed by atoms with Crippen molar-refractivity contribution in [3.63, 3.8) is 0 Å². The number of halogens is 1. The Bertz CT molecular complexity index is 511. The van der Waals surface area contributed by atoms with Gasteiger partial charge in [-0.1, -0.05) is 12.1 Å². The lowest BCUT2D eigenvalue weighted by atomic mass is 10.1. The maximum atomic E-state index is 5.43. The Labute approximate surface area is 133 Å². The predicted molar refractivity (Wildman–Crippen MR) is 87.7 cm³/mol. The topological polar surface area (TPSA) is 36.3 Å². The van der Waals surface area contributed by atoms with E-state index in [1.807, 2.05) is 10.9 Å². The van der Waals surface area contributed by atoms with Crippen LogP contribution in [0.25, 0.3) is 11.1 Å². The fourth-order valence-corrected chi connectivity index (χ4v) is 2.21. The third-order valence-corrected chi connectivity index (χ3v) is 3.64. The van der Waals surface area contributed by atoms with Gasteiger partial charge in [-0.25, -0.2) is 0 Å². The van der Waals surface area contributed by atoms with Crippen molar-refractivity contribution in [3.05, 3.63) is 40.2 Å². The lowest BCUT2D eigenvalue weighted by Gasteiger charge is -2.03. The molecule has 0 spiro atoms. The summed E-state index contributed by atoms with van der Waals surface area (Å²) in [6, 6.07) is 8.46. The third kappa shape index (κ3) is 4.88. The molecule has 0 radical (unpaired) electrons. The summed E-state index contributed by atoms with van der Waals surface area (Å²) in [6.45, 7) is 2.92. The predicted octanol–water partition coefficient (Wildman–Crippen LogP) is 3.21. The molecule has 0 fully saturated rings. The first-order chi connectivity index (χ1) is 9.79. The zero-order valence-corrected chi connectivity index (χ0v) is 13.7. The average Bonchev–Trinajstić information content (AvgIpc) is 2.92. The normalized spacial score (nSPS) is 10.9. The van der Waals surface area contributed by atoms with E-state index in [2.05, 4.69) is 58.2 Å². The molecule has 5 heteroatoms. The third-order valence-electron chi connectivity index (χ3n) is 2.92. The van der Waals surface area contributed by atoms with E-state index in [0.29, 0.717) is 13.2 Å². The van der Waals surface area contributed by atoms with Crippen molar-refractivity contribution in [1.82, 2.24) is 9.78 Å². The van der Waals surface area contributed by atoms with Gasteiger partial charge in [-0.15, -0.1) is 0 Å². The Hall–Kier alpha value is -0.920. The average molecular weight is 386 g/mol. The zero-order chi connectivity index (χ0) is 14.2. The Morgan fingerprint density at radius 1 is 1.10 bits per heavy atom. The van der Waals surface area contributed by atoms with Crippen LogP contribution in [0.4, 0.5) is 0 Å². The van der Waals surface area contributed by atoms with E-state index in [9.17, 15) is 0 Å². The van der Waals surface area contributed by atoms with E-state index >= 15 is 0 Å². The first-order valence-electron chi connectivity index (χ1n) is 6.64. The van der Waals surface area contributed by atoms with E-state index in [1.54, 1.807) is 7.11 Å². The molecule has 0 aliphatic carbocycles. The van der Waals surface area contributed by atoms with Crippen LogP contribution >= 0.6 is 22.6 Å². The summed E-state index contributed by atoms with van der Waals surface area (Å²) >= 11 is 2.31. The molecule has 0 aliphatic rings. The smallest absolute Gasteiger partial charge is 0.0700 e. The molecule has 108 valence electrons. The molecule has 20 heavy (non-hydrogen) atoms. The van der Waals surface area contributed by atoms with Crippen molar-refractivity contribution in [2.45, 2.75) is 13.0 Å². The highest BCUT2D eigenvalue weighted by Gasteiger charge is 2.01. The molecule has 0 saturated heterocycles. The molecule has 4 nitrogen and oxygen atoms in total. The van der Waals surface area contributed by atoms with Crippen molar-refractivity contribution >= 4 is 22.6 Å². The second-order valence-corrected chi connectivity index (χ2v) is 5.70. The van der Waals surface area contributed by atoms with E-state index < -0.39 is 0 Å². The molecule has 0 saturated carbocycles. The van der Waals surface area contributed by atoms with Crippen LogP contribution in [0, 0.1) is 3.57 Å². The van der Waals surface area contributed by atoms with Gasteiger partial charge in [-0.2, -0.15) is 5.10 Å². The molecule has 1 aromatic carbocycles. The molecule has 0 bridgehead atoms. The van der Waals surface area contributed by atoms with Crippen LogP contribution in [0.5, 0.6) is 0 Å². The van der Waals surface area contributed by atoms with Crippen molar-refractivity contribution in [1.29, 1.82) is 0 Å². The van der Waals surface area contributed by atoms with Gasteiger partial charge in [-0.3, -0.25) is 4.68 Å². The summed E-state index contributed by atoms with van der Waals surface area (Å²) in [4.78, 5) is 0. The molecular weight excluding hydrogens is 367 g/mol. The molecule has 1 aromatic heterocycles. The number of benzene rings is 1. The van der Waals surface area contributed by atoms with Gasteiger partial charge < -0.3 is 9.47 Å². The minimum atomic E-state index is 0.652. The molecular formula is C15H19IN2O2. The molecule has 0 N–H and O–H groups in total. The molecule has 0 aliphatic heterocycles. The standard InChI is InChI=1S/C15H19IN2O2/c1-19-9-10-20-8-2-7-18-12-14(11-17-18)13-3-5-15(16)6-4-13/h3-6,11-12H,2,7-10H2,1H3. The molecule has 0 unspecified atom stereocenters. The monoisotopic (exact) mass is 386 g/mol. The second kappa shape index (κ2) is 8.39. The summed E-state index contributed by atoms with van der Waals surface area (Å²) < 4.78 is 13.6. The van der Waals surface area contributed by atoms with Crippen molar-refractivity contribution in [2.24, 2.45) is 0 Å². The van der Waals surface area contributed by atoms with Gasteiger partial charge in [0, 0.05) is 35.6 Å². The SMILES string of the molecule is COCCOCCCn1cc(-c2ccc(I)cc2)cn1. The van der Waals surface area contributed by atoms with E-state index in [-0.39, 0.29) is 0 Å². The summed E-state index contributed by atoms with van der Waals surface area (Å²) in [7, 11) is 1.68. The number of hydrogen-bond acceptors (Lipinski definition) is 3. The van der Waals surface area contributed by atoms with E-state index in [4.69, 9.17) is 9.47 Å². The van der Waals surface area contributed by atoms with Crippen LogP contribution in [-0.2, 0) is 16.0 Å². The van der Waals surface area contributed by atoms with Gasteiger partial charge in [0.15, 0.2) is 0 Å². The minimum Gasteiger partial charge on any atom is -0.382 e. The van der Waals surface area contributed by atoms with Gasteiger partial charge in [0.05, 0.1) is 19.4 Å². The summed E-state index contributed by atoms with van der Waals surface area (Å²) in [6.07, 6.45) is 4.95. The first kappa shape index (κ1) is 15.5. The molecule has 2 rings (SSSR count). The highest BCUT2D eigenvalue weighted by molar-refractivity contribution is 14.1. The Morgan fingerprint density at radius 2 is 1.90 bits per heavy atom. The highest BCUT2D eigenvalue weighted by atomic mass is 127. The van der Waals surface area contributed by atoms with E-state index in [1.165, 1.54) is 9.13 Å². The van der Waals surface area contributed by atoms with Gasteiger partial charge >= 0.3 is 0 Å². The fraction of sp³-hybridized carbons (Fsp3) is 0.400. The van der Waals surface area contributed by atoms with Crippen molar-refractivity contribution in [3.8, 4) is 11.1 Å². The van der Waals surface area contributed by atoms with Gasteiger partial charge in [0.2, 0.25) is 0 Å². The lowest BCUT2D eigenvalue weighted by Crippen LogP contribution is -2.06. The Morgan fingerprint density at radius 3 is 2.65 bits per heavy atom. The number of aryl methyl sites for hydroxylation is 1. The van der Waals surface area contributed by atoms with Crippen LogP contribution in [-0.4, -0.2) is 36.7 Å². The summed E-state index contributed by atoms with van der Waals surface area (Å²) in [5.41, 5.74) is 2.36. The van der Waals surface area contributed by atoms with Crippen LogP contribution in [0.2, 0.25) is 0 Å². The number of hydrogen-bond donors (Lipinski definition) is 0. The zero-order valence-electron chi connectivity index (χ0n) is 11.6. The van der Waals surface area contributed by atoms with Gasteiger partial charge in [0.1, 0.15) is 0 Å². The maximum absolute atomic E-state index is 5.43. The number of nitrogens with zero attached hydrogens (tertiary/aromatic N) is 2. The number of ether oxygens (including phenoxy) is 2. The Balaban J connectivity index is 1.79. The molecule has 0 amide bonds. The van der Waals surface area contributed by atoms with Crippen LogP contribution < -0.4 is 0 Å². The number of rotatable bonds is 8. The second-order valence-electron chi connectivity index (χ2n) is 4.46. The minimum absolute atomic E-state index is 0.652. The molecule has 1 heterocycles. The van der Waals surface area contributed by atoms with Gasteiger partial charge in [-0.05, 0) is 46.7 Å². The molecule has 0 atom stereocenters. The molecule has 2 aromatic rings. The fourth-order valence-electron chi connectivity index (χ4n) is 1.85. The van der Waals surface area contributed by atoms with Gasteiger partial charge in [0.25, 0.3) is 0 Å². The van der Waals surface area contributed by atoms with E-state index in [0.717, 1.165) is 25.1 Å². The maximum Gasteiger partial charge on any atom is 0.0700 e. The summed E-state index contributed by atoms with van der Waals surface area (Å²) in [5, 5.41) is 4.38. The Kier molecular flexibility index (Phi) is 6.49. The van der Waals surface area contributed by atoms with Crippen LogP contribution in [0.3, 0.4) is 0 Å². The van der Waals surface area contributed by atoms with Crippen molar-refractivity contribution in [2.75, 3.05) is 26.9 Å². The van der Waals surface area contributed by atoms with Crippen LogP contribution in [0.1, 0.15) is 6.42 Å². The summed E-state index contributed by atoms with van der Waals surface area (Å²) in [5.74, 6) is 0. The number of aromatic nitrogens is 2.